The van der Waals surface area contributed by atoms with E-state index in [0.717, 1.165) is 22.5 Å². The average molecular weight is 627 g/mol. The van der Waals surface area contributed by atoms with E-state index in [1.165, 1.54) is 5.38 Å². The summed E-state index contributed by atoms with van der Waals surface area (Å²) in [4.78, 5) is 67.5. The number of ether oxygens (including phenoxy) is 3. The number of esters is 2. The van der Waals surface area contributed by atoms with Crippen LogP contribution in [-0.4, -0.2) is 71.6 Å². The molecule has 232 valence electrons. The molecule has 1 aromatic heterocycles. The van der Waals surface area contributed by atoms with Gasteiger partial charge in [0, 0.05) is 5.38 Å². The number of carbonyl (C=O) groups excluding carboxylic acids is 4. The zero-order chi connectivity index (χ0) is 32.0. The van der Waals surface area contributed by atoms with Crippen LogP contribution in [0.2, 0.25) is 0 Å². The van der Waals surface area contributed by atoms with Gasteiger partial charge in [-0.3, -0.25) is 9.59 Å². The summed E-state index contributed by atoms with van der Waals surface area (Å²) in [6.45, 7) is 2.03. The van der Waals surface area contributed by atoms with Crippen LogP contribution in [0.4, 0.5) is 9.93 Å². The van der Waals surface area contributed by atoms with E-state index in [4.69, 9.17) is 19.0 Å². The maximum Gasteiger partial charge on any atom is 0.407 e. The second-order valence-electron chi connectivity index (χ2n) is 9.48. The number of benzene rings is 2. The third-order valence-corrected chi connectivity index (χ3v) is 6.27. The maximum absolute atomic E-state index is 12.8. The molecule has 1 heterocycles. The molecule has 44 heavy (non-hydrogen) atoms. The number of amides is 2. The summed E-state index contributed by atoms with van der Waals surface area (Å²) >= 11 is 0.969. The Kier molecular flexibility index (Phi) is 12.3. The number of hydrogen-bond acceptors (Lipinski definition) is 12. The van der Waals surface area contributed by atoms with Gasteiger partial charge in [0.1, 0.15) is 17.9 Å². The van der Waals surface area contributed by atoms with E-state index in [1.54, 1.807) is 13.8 Å². The molecule has 2 amide bonds. The maximum atomic E-state index is 12.8. The third kappa shape index (κ3) is 10.8. The summed E-state index contributed by atoms with van der Waals surface area (Å²) in [6.07, 6.45) is -1.33. The number of oxime groups is 1. The van der Waals surface area contributed by atoms with Crippen LogP contribution >= 0.6 is 11.3 Å². The summed E-state index contributed by atoms with van der Waals surface area (Å²) in [5.74, 6) is -2.92. The SMILES string of the molecule is CC(C)(CC(=O)OC(c1ccccc1)c1ccccc1)OC(=O)NCCOC(=O)CO/N=C(/C(=O)O)c1csc(NC=O)n1. The molecule has 0 saturated carbocycles. The number of nitrogens with one attached hydrogen (secondary N) is 2. The Morgan fingerprint density at radius 3 is 2.25 bits per heavy atom. The molecular formula is C29H30N4O10S. The highest BCUT2D eigenvalue weighted by molar-refractivity contribution is 7.14. The second-order valence-corrected chi connectivity index (χ2v) is 10.3. The molecule has 0 aliphatic carbocycles. The van der Waals surface area contributed by atoms with Crippen LogP contribution in [0.3, 0.4) is 0 Å². The number of rotatable bonds is 16. The second kappa shape index (κ2) is 16.4. The zero-order valence-electron chi connectivity index (χ0n) is 23.8. The minimum absolute atomic E-state index is 0.0775. The molecule has 3 rings (SSSR count). The molecule has 3 aromatic rings. The topological polar surface area (TPSA) is 192 Å². The Balaban J connectivity index is 1.40. The summed E-state index contributed by atoms with van der Waals surface area (Å²) < 4.78 is 16.1. The Bertz CT molecular complexity index is 1420. The van der Waals surface area contributed by atoms with E-state index in [1.807, 2.05) is 60.7 Å². The Hall–Kier alpha value is -5.31. The van der Waals surface area contributed by atoms with Gasteiger partial charge in [0.2, 0.25) is 18.7 Å². The van der Waals surface area contributed by atoms with Crippen molar-refractivity contribution in [1.29, 1.82) is 0 Å². The normalized spacial score (nSPS) is 11.3. The fourth-order valence-corrected chi connectivity index (χ4v) is 4.29. The van der Waals surface area contributed by atoms with E-state index < -0.39 is 48.0 Å². The minimum atomic E-state index is -1.47. The predicted molar refractivity (Wildman–Crippen MR) is 157 cm³/mol. The van der Waals surface area contributed by atoms with Crippen LogP contribution < -0.4 is 10.6 Å². The van der Waals surface area contributed by atoms with Crippen molar-refractivity contribution in [2.75, 3.05) is 25.1 Å². The average Bonchev–Trinajstić information content (AvgIpc) is 3.44. The number of aliphatic carboxylic acids is 1. The van der Waals surface area contributed by atoms with E-state index in [9.17, 15) is 29.1 Å². The lowest BCUT2D eigenvalue weighted by Gasteiger charge is -2.26. The highest BCUT2D eigenvalue weighted by Gasteiger charge is 2.29. The Morgan fingerprint density at radius 1 is 1.02 bits per heavy atom. The predicted octanol–water partition coefficient (Wildman–Crippen LogP) is 3.29. The van der Waals surface area contributed by atoms with Crippen molar-refractivity contribution >= 4 is 52.6 Å². The van der Waals surface area contributed by atoms with Crippen molar-refractivity contribution in [2.45, 2.75) is 32.0 Å². The molecule has 0 radical (unpaired) electrons. The van der Waals surface area contributed by atoms with Crippen molar-refractivity contribution in [3.63, 3.8) is 0 Å². The third-order valence-electron chi connectivity index (χ3n) is 5.50. The number of carboxylic acids is 1. The number of nitrogens with zero attached hydrogens (tertiary/aromatic N) is 2. The van der Waals surface area contributed by atoms with Crippen LogP contribution in [0, 0.1) is 0 Å². The van der Waals surface area contributed by atoms with Crippen molar-refractivity contribution in [1.82, 2.24) is 10.3 Å². The minimum Gasteiger partial charge on any atom is -0.476 e. The summed E-state index contributed by atoms with van der Waals surface area (Å²) in [6, 6.07) is 18.5. The van der Waals surface area contributed by atoms with E-state index in [-0.39, 0.29) is 30.4 Å². The number of alkyl carbamates (subject to hydrolysis) is 1. The fourth-order valence-electron chi connectivity index (χ4n) is 3.63. The van der Waals surface area contributed by atoms with Crippen LogP contribution in [0.25, 0.3) is 0 Å². The summed E-state index contributed by atoms with van der Waals surface area (Å²) in [7, 11) is 0. The number of anilines is 1. The van der Waals surface area contributed by atoms with Crippen LogP contribution in [-0.2, 0) is 38.2 Å². The van der Waals surface area contributed by atoms with Gasteiger partial charge in [-0.15, -0.1) is 11.3 Å². The molecule has 0 spiro atoms. The van der Waals surface area contributed by atoms with E-state index in [2.05, 4.69) is 20.8 Å². The standard InChI is InChI=1S/C29H30N4O10S/c1-29(2,15-22(35)42-25(19-9-5-3-6-10-19)20-11-7-4-8-12-20)43-28(39)30-13-14-40-23(36)16-41-33-24(26(37)38)21-17-44-27(32-21)31-18-34/h3-12,17-18,25H,13-16H2,1-2H3,(H,30,39)(H,37,38)(H,31,32,34)/b33-24+. The van der Waals surface area contributed by atoms with Gasteiger partial charge in [0.05, 0.1) is 13.0 Å². The fraction of sp³-hybridized carbons (Fsp3) is 0.276. The van der Waals surface area contributed by atoms with Crippen LogP contribution in [0.15, 0.2) is 71.2 Å². The molecule has 0 saturated heterocycles. The zero-order valence-corrected chi connectivity index (χ0v) is 24.6. The molecule has 0 atom stereocenters. The monoisotopic (exact) mass is 626 g/mol. The highest BCUT2D eigenvalue weighted by Crippen LogP contribution is 2.28. The molecule has 0 unspecified atom stereocenters. The van der Waals surface area contributed by atoms with Gasteiger partial charge < -0.3 is 34.8 Å². The van der Waals surface area contributed by atoms with Gasteiger partial charge >= 0.3 is 24.0 Å². The first-order valence-corrected chi connectivity index (χ1v) is 14.0. The molecule has 2 aromatic carbocycles. The van der Waals surface area contributed by atoms with Crippen molar-refractivity contribution in [2.24, 2.45) is 5.16 Å². The van der Waals surface area contributed by atoms with Gasteiger partial charge in [0.25, 0.3) is 0 Å². The Morgan fingerprint density at radius 2 is 1.66 bits per heavy atom. The van der Waals surface area contributed by atoms with Crippen LogP contribution in [0.1, 0.15) is 43.2 Å². The molecular weight excluding hydrogens is 596 g/mol. The number of aromatic nitrogens is 1. The smallest absolute Gasteiger partial charge is 0.407 e. The molecule has 0 aliphatic rings. The molecule has 3 N–H and O–H groups in total. The Labute approximate surface area is 256 Å². The molecule has 15 heteroatoms. The van der Waals surface area contributed by atoms with Crippen molar-refractivity contribution in [3.8, 4) is 0 Å². The lowest BCUT2D eigenvalue weighted by Crippen LogP contribution is -2.38. The van der Waals surface area contributed by atoms with Crippen molar-refractivity contribution in [3.05, 3.63) is 82.9 Å². The first kappa shape index (κ1) is 33.2. The molecule has 0 bridgehead atoms. The van der Waals surface area contributed by atoms with Gasteiger partial charge in [-0.1, -0.05) is 65.8 Å². The van der Waals surface area contributed by atoms with E-state index >= 15 is 0 Å². The summed E-state index contributed by atoms with van der Waals surface area (Å²) in [5, 5.41) is 18.9. The molecule has 14 nitrogen and oxygen atoms in total. The number of hydrogen-bond donors (Lipinski definition) is 3. The number of carboxylic acid groups (broad SMARTS) is 1. The summed E-state index contributed by atoms with van der Waals surface area (Å²) in [5.41, 5.74) is -0.297. The highest BCUT2D eigenvalue weighted by atomic mass is 32.1. The molecule has 0 aliphatic heterocycles. The number of carbonyl (C=O) groups is 5. The lowest BCUT2D eigenvalue weighted by atomic mass is 10.0. The van der Waals surface area contributed by atoms with Gasteiger partial charge in [-0.05, 0) is 25.0 Å². The van der Waals surface area contributed by atoms with Crippen LogP contribution in [0.5, 0.6) is 0 Å². The van der Waals surface area contributed by atoms with Gasteiger partial charge in [-0.2, -0.15) is 0 Å². The largest absolute Gasteiger partial charge is 0.476 e. The number of thiazole rings is 1. The molecule has 0 fully saturated rings. The first-order chi connectivity index (χ1) is 21.1. The van der Waals surface area contributed by atoms with Crippen molar-refractivity contribution < 1.29 is 48.1 Å². The van der Waals surface area contributed by atoms with Gasteiger partial charge in [0.15, 0.2) is 11.2 Å². The lowest BCUT2D eigenvalue weighted by molar-refractivity contribution is -0.152. The van der Waals surface area contributed by atoms with Gasteiger partial charge in [-0.25, -0.2) is 19.4 Å². The van der Waals surface area contributed by atoms with E-state index in [0.29, 0.717) is 6.41 Å². The quantitative estimate of drug-likeness (QED) is 0.0528. The first-order valence-electron chi connectivity index (χ1n) is 13.1.